The van der Waals surface area contributed by atoms with Gasteiger partial charge in [0.25, 0.3) is 0 Å². The maximum atomic E-state index is 3.79. The lowest BCUT2D eigenvalue weighted by atomic mass is 9.54. The molecule has 0 N–H and O–H groups in total. The largest absolute Gasteiger partial charge is 0.132 e. The molecule has 1 atom stereocenters. The lowest BCUT2D eigenvalue weighted by Gasteiger charge is -2.12. The predicted molar refractivity (Wildman–Crippen MR) is 60.1 cm³/mol. The third kappa shape index (κ3) is 4.22. The van der Waals surface area contributed by atoms with Crippen molar-refractivity contribution in [3.63, 3.8) is 0 Å². The molecule has 0 heterocycles. The van der Waals surface area contributed by atoms with Crippen LogP contribution < -0.4 is 0 Å². The predicted octanol–water partition coefficient (Wildman–Crippen LogP) is 3.36. The Kier molecular flexibility index (Phi) is 5.52. The van der Waals surface area contributed by atoms with Crippen molar-refractivity contribution in [1.29, 1.82) is 0 Å². The summed E-state index contributed by atoms with van der Waals surface area (Å²) < 4.78 is 0. The van der Waals surface area contributed by atoms with E-state index in [1.807, 2.05) is 18.2 Å². The van der Waals surface area contributed by atoms with Gasteiger partial charge >= 0.3 is 0 Å². The molecule has 0 fully saturated rings. The molecule has 0 saturated heterocycles. The van der Waals surface area contributed by atoms with Crippen LogP contribution in [0.2, 0.25) is 11.6 Å². The van der Waals surface area contributed by atoms with Crippen LogP contribution in [-0.2, 0) is 0 Å². The van der Waals surface area contributed by atoms with E-state index in [1.165, 1.54) is 12.9 Å². The van der Waals surface area contributed by atoms with E-state index in [0.717, 1.165) is 5.82 Å². The molecule has 0 amide bonds. The van der Waals surface area contributed by atoms with E-state index >= 15 is 0 Å². The smallest absolute Gasteiger partial charge is 0.0991 e. The van der Waals surface area contributed by atoms with Crippen molar-refractivity contribution in [3.8, 4) is 0 Å². The van der Waals surface area contributed by atoms with E-state index in [0.29, 0.717) is 5.82 Å². The molecule has 0 aromatic carbocycles. The van der Waals surface area contributed by atoms with Crippen LogP contribution in [0.1, 0.15) is 20.8 Å². The van der Waals surface area contributed by atoms with Gasteiger partial charge in [-0.15, -0.1) is 0 Å². The fourth-order valence-electron chi connectivity index (χ4n) is 1.41. The molecule has 1 heteroatoms. The molecule has 0 nitrogen and oxygen atoms in total. The monoisotopic (exact) mass is 162 g/mol. The standard InChI is InChI=1S/C11H19B/c1-6-8-11(7-2)10(5)12-9(3)4/h6-10,12H,1-2H2,3-5H3/b11-8+. The van der Waals surface area contributed by atoms with Crippen molar-refractivity contribution in [3.05, 3.63) is 37.0 Å². The van der Waals surface area contributed by atoms with Crippen LogP contribution in [-0.4, -0.2) is 7.28 Å². The number of hydrogen-bond donors (Lipinski definition) is 0. The second-order valence-corrected chi connectivity index (χ2v) is 3.64. The van der Waals surface area contributed by atoms with Gasteiger partial charge in [-0.2, -0.15) is 0 Å². The molecular formula is C11H19B. The molecule has 0 aliphatic carbocycles. The molecule has 0 aromatic heterocycles. The van der Waals surface area contributed by atoms with Crippen molar-refractivity contribution < 1.29 is 0 Å². The van der Waals surface area contributed by atoms with E-state index in [9.17, 15) is 0 Å². The van der Waals surface area contributed by atoms with Gasteiger partial charge in [0.1, 0.15) is 7.28 Å². The molecule has 0 spiro atoms. The van der Waals surface area contributed by atoms with E-state index < -0.39 is 0 Å². The number of rotatable bonds is 5. The highest BCUT2D eigenvalue weighted by Gasteiger charge is 2.08. The first-order valence-electron chi connectivity index (χ1n) is 4.56. The van der Waals surface area contributed by atoms with Crippen LogP contribution in [0.4, 0.5) is 0 Å². The average molecular weight is 162 g/mol. The highest BCUT2D eigenvalue weighted by molar-refractivity contribution is 6.40. The minimum Gasteiger partial charge on any atom is -0.0991 e. The van der Waals surface area contributed by atoms with Gasteiger partial charge in [-0.3, -0.25) is 0 Å². The maximum Gasteiger partial charge on any atom is 0.132 e. The SMILES string of the molecule is C=C/C=C(\C=C)C(C)BC(C)C. The average Bonchev–Trinajstić information content (AvgIpc) is 1.98. The summed E-state index contributed by atoms with van der Waals surface area (Å²) in [5, 5.41) is 0. The van der Waals surface area contributed by atoms with E-state index in [-0.39, 0.29) is 0 Å². The molecule has 0 radical (unpaired) electrons. The topological polar surface area (TPSA) is 0 Å². The Labute approximate surface area is 77.3 Å². The minimum absolute atomic E-state index is 0.598. The summed E-state index contributed by atoms with van der Waals surface area (Å²) >= 11 is 0. The lowest BCUT2D eigenvalue weighted by molar-refractivity contribution is 0.998. The minimum atomic E-state index is 0.598. The van der Waals surface area contributed by atoms with Crippen molar-refractivity contribution >= 4 is 7.28 Å². The maximum absolute atomic E-state index is 3.79. The van der Waals surface area contributed by atoms with Gasteiger partial charge in [0.2, 0.25) is 0 Å². The molecule has 0 rings (SSSR count). The summed E-state index contributed by atoms with van der Waals surface area (Å²) in [6.45, 7) is 14.2. The third-order valence-corrected chi connectivity index (χ3v) is 1.94. The summed E-state index contributed by atoms with van der Waals surface area (Å²) in [4.78, 5) is 0. The van der Waals surface area contributed by atoms with Gasteiger partial charge in [0.05, 0.1) is 0 Å². The number of allylic oxidation sites excluding steroid dienone is 4. The van der Waals surface area contributed by atoms with Gasteiger partial charge < -0.3 is 0 Å². The molecule has 12 heavy (non-hydrogen) atoms. The molecule has 0 aromatic rings. The van der Waals surface area contributed by atoms with Crippen LogP contribution in [0.3, 0.4) is 0 Å². The second-order valence-electron chi connectivity index (χ2n) is 3.64. The van der Waals surface area contributed by atoms with Gasteiger partial charge in [0, 0.05) is 0 Å². The molecule has 66 valence electrons. The Balaban J connectivity index is 4.21. The Morgan fingerprint density at radius 3 is 2.17 bits per heavy atom. The van der Waals surface area contributed by atoms with Crippen molar-refractivity contribution in [1.82, 2.24) is 0 Å². The Morgan fingerprint density at radius 1 is 1.25 bits per heavy atom. The lowest BCUT2D eigenvalue weighted by Crippen LogP contribution is -2.04. The van der Waals surface area contributed by atoms with Crippen LogP contribution >= 0.6 is 0 Å². The summed E-state index contributed by atoms with van der Waals surface area (Å²) in [7, 11) is 1.21. The van der Waals surface area contributed by atoms with Gasteiger partial charge in [0.15, 0.2) is 0 Å². The van der Waals surface area contributed by atoms with Gasteiger partial charge in [-0.1, -0.05) is 63.5 Å². The van der Waals surface area contributed by atoms with Crippen LogP contribution in [0.5, 0.6) is 0 Å². The Hall–Kier alpha value is -0.715. The van der Waals surface area contributed by atoms with Crippen LogP contribution in [0, 0.1) is 0 Å². The van der Waals surface area contributed by atoms with Crippen molar-refractivity contribution in [2.24, 2.45) is 0 Å². The molecular weight excluding hydrogens is 143 g/mol. The second kappa shape index (κ2) is 5.88. The quantitative estimate of drug-likeness (QED) is 0.429. The molecule has 1 unspecified atom stereocenters. The zero-order valence-corrected chi connectivity index (χ0v) is 8.51. The zero-order chi connectivity index (χ0) is 9.56. The zero-order valence-electron chi connectivity index (χ0n) is 8.51. The molecule has 0 aliphatic rings. The fraction of sp³-hybridized carbons (Fsp3) is 0.455. The third-order valence-electron chi connectivity index (χ3n) is 1.94. The summed E-state index contributed by atoms with van der Waals surface area (Å²) in [5.41, 5.74) is 1.29. The van der Waals surface area contributed by atoms with E-state index in [1.54, 1.807) is 0 Å². The van der Waals surface area contributed by atoms with Crippen LogP contribution in [0.25, 0.3) is 0 Å². The van der Waals surface area contributed by atoms with E-state index in [2.05, 4.69) is 33.9 Å². The van der Waals surface area contributed by atoms with Gasteiger partial charge in [-0.05, 0) is 5.82 Å². The summed E-state index contributed by atoms with van der Waals surface area (Å²) in [6, 6.07) is 0. The first kappa shape index (κ1) is 11.3. The Bertz CT molecular complexity index is 177. The fourth-order valence-corrected chi connectivity index (χ4v) is 1.41. The molecule has 0 aliphatic heterocycles. The van der Waals surface area contributed by atoms with E-state index in [4.69, 9.17) is 0 Å². The molecule has 0 bridgehead atoms. The summed E-state index contributed by atoms with van der Waals surface area (Å²) in [5.74, 6) is 1.34. The first-order valence-corrected chi connectivity index (χ1v) is 4.56. The Morgan fingerprint density at radius 2 is 1.83 bits per heavy atom. The highest BCUT2D eigenvalue weighted by Crippen LogP contribution is 2.20. The van der Waals surface area contributed by atoms with Crippen molar-refractivity contribution in [2.45, 2.75) is 32.4 Å². The highest BCUT2D eigenvalue weighted by atomic mass is 14.0. The molecule has 0 saturated carbocycles. The normalized spacial score (nSPS) is 14.2. The van der Waals surface area contributed by atoms with Crippen molar-refractivity contribution in [2.75, 3.05) is 0 Å². The summed E-state index contributed by atoms with van der Waals surface area (Å²) in [6.07, 6.45) is 5.79. The first-order chi connectivity index (χ1) is 5.61. The number of hydrogen-bond acceptors (Lipinski definition) is 0. The van der Waals surface area contributed by atoms with Gasteiger partial charge in [-0.25, -0.2) is 0 Å². The van der Waals surface area contributed by atoms with Crippen LogP contribution in [0.15, 0.2) is 37.0 Å².